The van der Waals surface area contributed by atoms with Gasteiger partial charge in [-0.05, 0) is 48.7 Å². The van der Waals surface area contributed by atoms with Crippen molar-refractivity contribution in [1.82, 2.24) is 4.98 Å². The molecule has 0 bridgehead atoms. The molecule has 4 heteroatoms. The Kier molecular flexibility index (Phi) is 4.06. The fourth-order valence-corrected chi connectivity index (χ4v) is 4.07. The van der Waals surface area contributed by atoms with Crippen LogP contribution in [0.3, 0.4) is 0 Å². The van der Waals surface area contributed by atoms with Crippen LogP contribution in [-0.2, 0) is 16.6 Å². The van der Waals surface area contributed by atoms with Crippen LogP contribution in [0.1, 0.15) is 24.1 Å². The minimum atomic E-state index is -0.400. The van der Waals surface area contributed by atoms with E-state index in [0.717, 1.165) is 46.3 Å². The molecule has 0 N–H and O–H groups in total. The lowest BCUT2D eigenvalue weighted by atomic mass is 9.88. The Morgan fingerprint density at radius 1 is 1.04 bits per heavy atom. The van der Waals surface area contributed by atoms with E-state index in [1.807, 2.05) is 60.7 Å². The van der Waals surface area contributed by atoms with Crippen LogP contribution in [0.15, 0.2) is 77.4 Å². The van der Waals surface area contributed by atoms with Gasteiger partial charge in [-0.15, -0.1) is 0 Å². The van der Waals surface area contributed by atoms with E-state index >= 15 is 0 Å². The molecule has 0 atom stereocenters. The van der Waals surface area contributed by atoms with Gasteiger partial charge in [0, 0.05) is 28.1 Å². The van der Waals surface area contributed by atoms with Crippen molar-refractivity contribution < 1.29 is 9.21 Å². The maximum Gasteiger partial charge on any atom is 0.149 e. The summed E-state index contributed by atoms with van der Waals surface area (Å²) in [7, 11) is 0. The molecule has 0 saturated heterocycles. The number of fused-ring (bicyclic) bond motifs is 1. The molecular weight excluding hydrogens is 370 g/mol. The third kappa shape index (κ3) is 2.92. The minimum Gasteiger partial charge on any atom is -0.464 e. The number of halogens is 1. The molecule has 1 saturated carbocycles. The van der Waals surface area contributed by atoms with E-state index in [1.165, 1.54) is 0 Å². The van der Waals surface area contributed by atoms with E-state index in [9.17, 15) is 4.79 Å². The molecular formula is C24H18ClNO2. The second kappa shape index (κ2) is 6.61. The lowest BCUT2D eigenvalue weighted by Gasteiger charge is -2.15. The van der Waals surface area contributed by atoms with Crippen molar-refractivity contribution in [2.75, 3.05) is 0 Å². The lowest BCUT2D eigenvalue weighted by molar-refractivity contribution is -0.120. The summed E-state index contributed by atoms with van der Waals surface area (Å²) in [6.45, 7) is 0. The van der Waals surface area contributed by atoms with Gasteiger partial charge in [0.2, 0.25) is 0 Å². The largest absolute Gasteiger partial charge is 0.464 e. The first kappa shape index (κ1) is 17.2. The first-order valence-corrected chi connectivity index (χ1v) is 9.75. The Morgan fingerprint density at radius 3 is 2.71 bits per heavy atom. The molecule has 0 spiro atoms. The molecule has 1 aliphatic carbocycles. The van der Waals surface area contributed by atoms with Gasteiger partial charge in [-0.25, -0.2) is 0 Å². The highest BCUT2D eigenvalue weighted by Crippen LogP contribution is 2.50. The zero-order valence-corrected chi connectivity index (χ0v) is 15.9. The molecule has 4 aromatic rings. The highest BCUT2D eigenvalue weighted by atomic mass is 35.5. The number of benzene rings is 2. The van der Waals surface area contributed by atoms with Gasteiger partial charge in [-0.1, -0.05) is 48.0 Å². The summed E-state index contributed by atoms with van der Waals surface area (Å²) < 4.78 is 5.52. The topological polar surface area (TPSA) is 43.1 Å². The van der Waals surface area contributed by atoms with Crippen molar-refractivity contribution in [3.8, 4) is 11.3 Å². The third-order valence-electron chi connectivity index (χ3n) is 5.59. The van der Waals surface area contributed by atoms with Crippen LogP contribution in [0.25, 0.3) is 22.2 Å². The van der Waals surface area contributed by atoms with Gasteiger partial charge >= 0.3 is 0 Å². The van der Waals surface area contributed by atoms with Gasteiger partial charge in [0.05, 0.1) is 17.4 Å². The predicted molar refractivity (Wildman–Crippen MR) is 111 cm³/mol. The van der Waals surface area contributed by atoms with Gasteiger partial charge < -0.3 is 4.42 Å². The highest BCUT2D eigenvalue weighted by Gasteiger charge is 2.50. The second-order valence-electron chi connectivity index (χ2n) is 7.35. The average Bonchev–Trinajstić information content (AvgIpc) is 3.40. The van der Waals surface area contributed by atoms with E-state index in [2.05, 4.69) is 6.07 Å². The van der Waals surface area contributed by atoms with Crippen LogP contribution in [0.5, 0.6) is 0 Å². The number of ketones is 1. The average molecular weight is 388 g/mol. The summed E-state index contributed by atoms with van der Waals surface area (Å²) in [5.41, 5.74) is 3.91. The molecule has 3 nitrogen and oxygen atoms in total. The number of aromatic nitrogens is 1. The normalized spacial score (nSPS) is 14.9. The molecule has 1 fully saturated rings. The lowest BCUT2D eigenvalue weighted by Crippen LogP contribution is -2.23. The van der Waals surface area contributed by atoms with Gasteiger partial charge in [-0.3, -0.25) is 9.78 Å². The first-order valence-electron chi connectivity index (χ1n) is 9.38. The van der Waals surface area contributed by atoms with Crippen molar-refractivity contribution in [2.24, 2.45) is 0 Å². The van der Waals surface area contributed by atoms with Crippen molar-refractivity contribution in [3.63, 3.8) is 0 Å². The van der Waals surface area contributed by atoms with Crippen LogP contribution in [0, 0.1) is 0 Å². The van der Waals surface area contributed by atoms with Gasteiger partial charge in [0.25, 0.3) is 0 Å². The maximum absolute atomic E-state index is 13.2. The van der Waals surface area contributed by atoms with E-state index in [0.29, 0.717) is 11.4 Å². The Hall–Kier alpha value is -2.91. The Bertz CT molecular complexity index is 1190. The number of rotatable bonds is 5. The number of hydrogen-bond acceptors (Lipinski definition) is 3. The molecule has 138 valence electrons. The molecule has 2 heterocycles. The summed E-state index contributed by atoms with van der Waals surface area (Å²) in [5, 5.41) is 1.71. The van der Waals surface area contributed by atoms with Crippen LogP contribution in [0.4, 0.5) is 0 Å². The monoisotopic (exact) mass is 387 g/mol. The van der Waals surface area contributed by atoms with Crippen molar-refractivity contribution in [1.29, 1.82) is 0 Å². The summed E-state index contributed by atoms with van der Waals surface area (Å²) in [5.74, 6) is 0.210. The summed E-state index contributed by atoms with van der Waals surface area (Å²) in [6, 6.07) is 21.4. The van der Waals surface area contributed by atoms with Crippen molar-refractivity contribution in [3.05, 3.63) is 89.3 Å². The number of Topliss-reactive ketones (excluding diaryl/α,β-unsaturated/α-hetero) is 1. The molecule has 28 heavy (non-hydrogen) atoms. The smallest absolute Gasteiger partial charge is 0.149 e. The first-order chi connectivity index (χ1) is 13.7. The number of pyridine rings is 1. The van der Waals surface area contributed by atoms with Crippen LogP contribution in [-0.4, -0.2) is 10.8 Å². The highest BCUT2D eigenvalue weighted by molar-refractivity contribution is 6.33. The van der Waals surface area contributed by atoms with Crippen LogP contribution < -0.4 is 0 Å². The standard InChI is InChI=1S/C24H18ClNO2/c25-20-6-2-1-5-19(20)21-7-3-4-18(26-21)15-23(27)24(11-12-24)17-9-8-16-10-13-28-22(16)14-17/h1-10,13-14H,11-12,15H2. The third-order valence-corrected chi connectivity index (χ3v) is 5.92. The van der Waals surface area contributed by atoms with E-state index in [4.69, 9.17) is 21.0 Å². The molecule has 5 rings (SSSR count). The SMILES string of the molecule is O=C(Cc1cccc(-c2ccccc2Cl)n1)C1(c2ccc3ccoc3c2)CC1. The number of carbonyl (C=O) groups is 1. The Balaban J connectivity index is 1.42. The van der Waals surface area contributed by atoms with Gasteiger partial charge in [0.1, 0.15) is 11.4 Å². The molecule has 0 amide bonds. The zero-order valence-electron chi connectivity index (χ0n) is 15.2. The quantitative estimate of drug-likeness (QED) is 0.422. The summed E-state index contributed by atoms with van der Waals surface area (Å²) >= 11 is 6.30. The Morgan fingerprint density at radius 2 is 1.89 bits per heavy atom. The molecule has 0 aliphatic heterocycles. The number of nitrogens with zero attached hydrogens (tertiary/aromatic N) is 1. The van der Waals surface area contributed by atoms with E-state index in [1.54, 1.807) is 6.26 Å². The van der Waals surface area contributed by atoms with Crippen molar-refractivity contribution in [2.45, 2.75) is 24.7 Å². The molecule has 0 radical (unpaired) electrons. The number of hydrogen-bond donors (Lipinski definition) is 0. The molecule has 1 aliphatic rings. The number of carbonyl (C=O) groups excluding carboxylic acids is 1. The summed E-state index contributed by atoms with van der Waals surface area (Å²) in [4.78, 5) is 17.9. The number of furan rings is 1. The van der Waals surface area contributed by atoms with E-state index < -0.39 is 5.41 Å². The van der Waals surface area contributed by atoms with Crippen molar-refractivity contribution >= 4 is 28.4 Å². The Labute approximate surface area is 168 Å². The van der Waals surface area contributed by atoms with Gasteiger partial charge in [0.15, 0.2) is 0 Å². The summed E-state index contributed by atoms with van der Waals surface area (Å²) in [6.07, 6.45) is 3.75. The zero-order chi connectivity index (χ0) is 19.1. The van der Waals surface area contributed by atoms with Gasteiger partial charge in [-0.2, -0.15) is 0 Å². The fraction of sp³-hybridized carbons (Fsp3) is 0.167. The van der Waals surface area contributed by atoms with E-state index in [-0.39, 0.29) is 5.78 Å². The molecule has 0 unspecified atom stereocenters. The molecule has 2 aromatic heterocycles. The molecule has 2 aromatic carbocycles. The van der Waals surface area contributed by atoms with Crippen LogP contribution in [0.2, 0.25) is 5.02 Å². The van der Waals surface area contributed by atoms with Crippen LogP contribution >= 0.6 is 11.6 Å². The second-order valence-corrected chi connectivity index (χ2v) is 7.76. The fourth-order valence-electron chi connectivity index (χ4n) is 3.84. The minimum absolute atomic E-state index is 0.210. The predicted octanol–water partition coefficient (Wildman–Crippen LogP) is 5.99. The maximum atomic E-state index is 13.2.